The van der Waals surface area contributed by atoms with Crippen LogP contribution in [0.3, 0.4) is 0 Å². The van der Waals surface area contributed by atoms with Gasteiger partial charge in [0.05, 0.1) is 5.56 Å². The van der Waals surface area contributed by atoms with Crippen LogP contribution < -0.4 is 5.32 Å². The second-order valence-corrected chi connectivity index (χ2v) is 4.42. The molecule has 1 amide bonds. The van der Waals surface area contributed by atoms with E-state index >= 15 is 0 Å². The molecular weight excluding hydrogens is 291 g/mol. The second-order valence-electron chi connectivity index (χ2n) is 4.42. The molecule has 0 bridgehead atoms. The molecule has 1 aliphatic rings. The molecule has 0 saturated carbocycles. The van der Waals surface area contributed by atoms with Gasteiger partial charge in [0.15, 0.2) is 17.5 Å². The minimum Gasteiger partial charge on any atom is -0.366 e. The Morgan fingerprint density at radius 2 is 1.62 bits per heavy atom. The van der Waals surface area contributed by atoms with Crippen molar-refractivity contribution in [1.82, 2.24) is 0 Å². The van der Waals surface area contributed by atoms with Crippen LogP contribution in [0, 0.1) is 5.92 Å². The lowest BCUT2D eigenvalue weighted by atomic mass is 9.96. The van der Waals surface area contributed by atoms with Crippen LogP contribution in [0.1, 0.15) is 5.56 Å². The highest BCUT2D eigenvalue weighted by atomic mass is 19.4. The van der Waals surface area contributed by atoms with E-state index in [2.05, 4.69) is 10.1 Å². The zero-order valence-electron chi connectivity index (χ0n) is 10.6. The lowest BCUT2D eigenvalue weighted by molar-refractivity contribution is -0.149. The van der Waals surface area contributed by atoms with Gasteiger partial charge in [0.1, 0.15) is 13.2 Å². The number of Topliss-reactive ketones (excluding diaryl/α,β-unsaturated/α-hetero) is 2. The number of anilines is 1. The molecule has 0 aromatic heterocycles. The van der Waals surface area contributed by atoms with E-state index in [1.807, 2.05) is 0 Å². The van der Waals surface area contributed by atoms with Crippen molar-refractivity contribution in [3.8, 4) is 0 Å². The number of hydrogen-bond donors (Lipinski definition) is 1. The van der Waals surface area contributed by atoms with Gasteiger partial charge in [-0.15, -0.1) is 0 Å². The third kappa shape index (κ3) is 3.46. The molecule has 0 unspecified atom stereocenters. The number of ketones is 2. The SMILES string of the molecule is O=C1COCC(=O)C1C(=O)Nc1ccc(C(F)(F)F)cc1. The number of carbonyl (C=O) groups excluding carboxylic acids is 3. The van der Waals surface area contributed by atoms with E-state index in [1.165, 1.54) is 0 Å². The maximum Gasteiger partial charge on any atom is 0.416 e. The Labute approximate surface area is 117 Å². The third-order valence-electron chi connectivity index (χ3n) is 2.87. The fourth-order valence-corrected chi connectivity index (χ4v) is 1.85. The average Bonchev–Trinajstić information content (AvgIpc) is 2.38. The number of rotatable bonds is 2. The number of amides is 1. The van der Waals surface area contributed by atoms with Gasteiger partial charge in [-0.2, -0.15) is 13.2 Å². The maximum atomic E-state index is 12.4. The molecule has 5 nitrogen and oxygen atoms in total. The molecule has 1 N–H and O–H groups in total. The standard InChI is InChI=1S/C13H10F3NO4/c14-13(15,16)7-1-3-8(4-2-7)17-12(20)11-9(18)5-21-6-10(11)19/h1-4,11H,5-6H2,(H,17,20). The van der Waals surface area contributed by atoms with Crippen molar-refractivity contribution in [2.24, 2.45) is 5.92 Å². The molecule has 1 fully saturated rings. The van der Waals surface area contributed by atoms with Crippen molar-refractivity contribution in [3.63, 3.8) is 0 Å². The highest BCUT2D eigenvalue weighted by molar-refractivity contribution is 6.23. The summed E-state index contributed by atoms with van der Waals surface area (Å²) >= 11 is 0. The monoisotopic (exact) mass is 301 g/mol. The Balaban J connectivity index is 2.09. The fraction of sp³-hybridized carbons (Fsp3) is 0.308. The van der Waals surface area contributed by atoms with Crippen molar-refractivity contribution >= 4 is 23.2 Å². The van der Waals surface area contributed by atoms with Crippen LogP contribution in [0.2, 0.25) is 0 Å². The van der Waals surface area contributed by atoms with Crippen LogP contribution in [-0.4, -0.2) is 30.7 Å². The minimum atomic E-state index is -4.48. The van der Waals surface area contributed by atoms with E-state index in [0.717, 1.165) is 24.3 Å². The molecule has 0 aliphatic carbocycles. The summed E-state index contributed by atoms with van der Waals surface area (Å²) < 4.78 is 41.8. The van der Waals surface area contributed by atoms with Gasteiger partial charge in [0, 0.05) is 5.69 Å². The molecule has 21 heavy (non-hydrogen) atoms. The molecule has 1 aromatic rings. The Morgan fingerprint density at radius 3 is 2.10 bits per heavy atom. The van der Waals surface area contributed by atoms with Gasteiger partial charge in [-0.25, -0.2) is 0 Å². The summed E-state index contributed by atoms with van der Waals surface area (Å²) in [6.45, 7) is -0.673. The highest BCUT2D eigenvalue weighted by Gasteiger charge is 2.37. The maximum absolute atomic E-state index is 12.4. The van der Waals surface area contributed by atoms with Gasteiger partial charge in [-0.05, 0) is 24.3 Å². The number of alkyl halides is 3. The first-order valence-corrected chi connectivity index (χ1v) is 5.90. The minimum absolute atomic E-state index is 0.0695. The van der Waals surface area contributed by atoms with E-state index in [9.17, 15) is 27.6 Å². The van der Waals surface area contributed by atoms with Gasteiger partial charge < -0.3 is 10.1 Å². The van der Waals surface area contributed by atoms with Gasteiger partial charge in [-0.3, -0.25) is 14.4 Å². The van der Waals surface area contributed by atoms with Crippen molar-refractivity contribution in [2.75, 3.05) is 18.5 Å². The van der Waals surface area contributed by atoms with E-state index in [4.69, 9.17) is 0 Å². The molecule has 112 valence electrons. The van der Waals surface area contributed by atoms with Gasteiger partial charge in [-0.1, -0.05) is 0 Å². The molecule has 8 heteroatoms. The van der Waals surface area contributed by atoms with E-state index in [-0.39, 0.29) is 18.9 Å². The molecule has 0 atom stereocenters. The Kier molecular flexibility index (Phi) is 4.08. The Bertz CT molecular complexity index is 564. The average molecular weight is 301 g/mol. The predicted octanol–water partition coefficient (Wildman–Crippen LogP) is 1.43. The number of carbonyl (C=O) groups is 3. The zero-order chi connectivity index (χ0) is 15.6. The Morgan fingerprint density at radius 1 is 1.10 bits per heavy atom. The smallest absolute Gasteiger partial charge is 0.366 e. The molecule has 2 rings (SSSR count). The van der Waals surface area contributed by atoms with E-state index < -0.39 is 35.1 Å². The summed E-state index contributed by atoms with van der Waals surface area (Å²) in [5.41, 5.74) is -0.793. The number of halogens is 3. The van der Waals surface area contributed by atoms with Gasteiger partial charge in [0.2, 0.25) is 5.91 Å². The van der Waals surface area contributed by atoms with Crippen molar-refractivity contribution in [2.45, 2.75) is 6.18 Å². The lowest BCUT2D eigenvalue weighted by Crippen LogP contribution is -2.43. The molecule has 1 aliphatic heterocycles. The first-order valence-electron chi connectivity index (χ1n) is 5.90. The predicted molar refractivity (Wildman–Crippen MR) is 64.4 cm³/mol. The van der Waals surface area contributed by atoms with Gasteiger partial charge in [0.25, 0.3) is 0 Å². The van der Waals surface area contributed by atoms with Crippen LogP contribution in [0.4, 0.5) is 18.9 Å². The molecular formula is C13H10F3NO4. The quantitative estimate of drug-likeness (QED) is 0.839. The van der Waals surface area contributed by atoms with E-state index in [0.29, 0.717) is 0 Å². The normalized spacial score (nSPS) is 16.9. The number of nitrogens with one attached hydrogen (secondary N) is 1. The molecule has 1 heterocycles. The number of hydrogen-bond acceptors (Lipinski definition) is 4. The summed E-state index contributed by atoms with van der Waals surface area (Å²) in [7, 11) is 0. The largest absolute Gasteiger partial charge is 0.416 e. The van der Waals surface area contributed by atoms with Gasteiger partial charge >= 0.3 is 6.18 Å². The van der Waals surface area contributed by atoms with Crippen molar-refractivity contribution < 1.29 is 32.3 Å². The summed E-state index contributed by atoms with van der Waals surface area (Å²) in [6.07, 6.45) is -4.48. The van der Waals surface area contributed by atoms with Crippen LogP contribution in [0.25, 0.3) is 0 Å². The van der Waals surface area contributed by atoms with Crippen molar-refractivity contribution in [3.05, 3.63) is 29.8 Å². The third-order valence-corrected chi connectivity index (χ3v) is 2.87. The van der Waals surface area contributed by atoms with Crippen LogP contribution >= 0.6 is 0 Å². The first kappa shape index (κ1) is 15.2. The topological polar surface area (TPSA) is 72.5 Å². The molecule has 0 radical (unpaired) electrons. The number of ether oxygens (including phenoxy) is 1. The number of benzene rings is 1. The summed E-state index contributed by atoms with van der Waals surface area (Å²) in [4.78, 5) is 34.8. The molecule has 0 spiro atoms. The lowest BCUT2D eigenvalue weighted by Gasteiger charge is -2.19. The highest BCUT2D eigenvalue weighted by Crippen LogP contribution is 2.29. The van der Waals surface area contributed by atoms with Crippen LogP contribution in [0.15, 0.2) is 24.3 Å². The zero-order valence-corrected chi connectivity index (χ0v) is 10.6. The van der Waals surface area contributed by atoms with Crippen LogP contribution in [-0.2, 0) is 25.3 Å². The summed E-state index contributed by atoms with van der Waals surface area (Å²) in [6, 6.07) is 3.69. The molecule has 1 aromatic carbocycles. The Hall–Kier alpha value is -2.22. The van der Waals surface area contributed by atoms with E-state index in [1.54, 1.807) is 0 Å². The first-order chi connectivity index (χ1) is 9.79. The summed E-state index contributed by atoms with van der Waals surface area (Å²) in [5, 5.41) is 2.25. The fourth-order valence-electron chi connectivity index (χ4n) is 1.85. The van der Waals surface area contributed by atoms with Crippen molar-refractivity contribution in [1.29, 1.82) is 0 Å². The second kappa shape index (κ2) is 5.65. The molecule has 1 saturated heterocycles. The van der Waals surface area contributed by atoms with Crippen LogP contribution in [0.5, 0.6) is 0 Å². The summed E-state index contributed by atoms with van der Waals surface area (Å²) in [5.74, 6) is -3.68.